The Morgan fingerprint density at radius 3 is 1.21 bits per heavy atom. The second-order valence-electron chi connectivity index (χ2n) is 15.0. The van der Waals surface area contributed by atoms with Crippen molar-refractivity contribution in [3.63, 3.8) is 0 Å². The maximum absolute atomic E-state index is 12.9. The van der Waals surface area contributed by atoms with Crippen molar-refractivity contribution in [1.82, 2.24) is 9.44 Å². The lowest BCUT2D eigenvalue weighted by molar-refractivity contribution is -0.366. The Bertz CT molecular complexity index is 2850. The van der Waals surface area contributed by atoms with Gasteiger partial charge in [0.05, 0.1) is 13.2 Å². The average Bonchev–Trinajstić information content (AvgIpc) is 3.19. The summed E-state index contributed by atoms with van der Waals surface area (Å²) in [6.45, 7) is -3.66. The second kappa shape index (κ2) is 24.1. The summed E-state index contributed by atoms with van der Waals surface area (Å²) in [7, 11) is -41.7. The standard InChI is InChI=1S/C24H40N2O42S7/c27-7-8(28)16(19(31)32)64-23(9(7)29)61-12-4(2-58-72(45,46)47)60-22(6(26-70(39,40)41)14(12)67-74(51,52)53)63-15-10(30)17(68-75(54,55)56)24(65-18(15)20(33)34)62-11-3(1-57-71(42,43)44)59-21(35)5(25-69(36,37)38)13(11)66-73(48,49)50/h3-18,21-30,35H,1-2H2,(H,31,32)(H,33,34)(H,36,37,38)(H,39,40,41)(H,42,43,44)(H,45,46,47)(H,48,49,50)(H,51,52,53)(H,54,55,56)/t3-,4-,5-,6-,7+,8+,9-,10+,11-,12-,13-,14-,15+,16+,17-,18-,21+,22-,23-,24-/m1/s1. The van der Waals surface area contributed by atoms with Crippen LogP contribution in [0.1, 0.15) is 0 Å². The van der Waals surface area contributed by atoms with E-state index in [0.717, 1.165) is 9.44 Å². The first-order valence-electron chi connectivity index (χ1n) is 18.9. The van der Waals surface area contributed by atoms with Gasteiger partial charge in [0, 0.05) is 0 Å². The molecule has 0 saturated carbocycles. The first-order valence-corrected chi connectivity index (χ1v) is 28.6. The first kappa shape index (κ1) is 65.1. The zero-order valence-electron chi connectivity index (χ0n) is 35.5. The quantitative estimate of drug-likeness (QED) is 0.0399. The minimum atomic E-state index is -6.20. The number of aliphatic hydroxyl groups is 5. The Morgan fingerprint density at radius 2 is 0.787 bits per heavy atom. The molecule has 4 aliphatic rings. The number of carboxylic acids is 2. The van der Waals surface area contributed by atoms with Crippen LogP contribution in [0, 0.1) is 0 Å². The molecule has 0 aliphatic carbocycles. The fraction of sp³-hybridized carbons (Fsp3) is 0.917. The van der Waals surface area contributed by atoms with Crippen molar-refractivity contribution in [3.8, 4) is 0 Å². The number of ether oxygens (including phenoxy) is 7. The largest absolute Gasteiger partial charge is 0.479 e. The molecule has 0 aromatic carbocycles. The molecule has 4 heterocycles. The van der Waals surface area contributed by atoms with Gasteiger partial charge in [-0.05, 0) is 0 Å². The molecule has 4 fully saturated rings. The van der Waals surface area contributed by atoms with Gasteiger partial charge < -0.3 is 68.9 Å². The van der Waals surface area contributed by atoms with E-state index in [1.165, 1.54) is 0 Å². The van der Waals surface area contributed by atoms with Crippen LogP contribution in [0.15, 0.2) is 0 Å². The van der Waals surface area contributed by atoms with Crippen molar-refractivity contribution in [2.24, 2.45) is 0 Å². The average molecular weight is 1250 g/mol. The van der Waals surface area contributed by atoms with Crippen molar-refractivity contribution < 1.29 is 190 Å². The lowest BCUT2D eigenvalue weighted by atomic mass is 9.94. The highest BCUT2D eigenvalue weighted by molar-refractivity contribution is 7.84. The summed E-state index contributed by atoms with van der Waals surface area (Å²) in [5.74, 6) is -4.67. The highest BCUT2D eigenvalue weighted by Crippen LogP contribution is 2.38. The maximum Gasteiger partial charge on any atom is 0.397 e. The summed E-state index contributed by atoms with van der Waals surface area (Å²) in [6, 6.07) is -5.98. The number of hydrogen-bond donors (Lipinski definition) is 16. The lowest BCUT2D eigenvalue weighted by Gasteiger charge is -2.50. The fourth-order valence-electron chi connectivity index (χ4n) is 7.11. The van der Waals surface area contributed by atoms with Gasteiger partial charge in [-0.25, -0.2) is 30.5 Å². The molecule has 0 bridgehead atoms. The van der Waals surface area contributed by atoms with Crippen molar-refractivity contribution >= 4 is 84.5 Å². The highest BCUT2D eigenvalue weighted by Gasteiger charge is 2.60. The number of nitrogens with one attached hydrogen (secondary N) is 2. The zero-order valence-corrected chi connectivity index (χ0v) is 41.2. The summed E-state index contributed by atoms with van der Waals surface area (Å²) >= 11 is 0. The molecule has 4 aliphatic heterocycles. The van der Waals surface area contributed by atoms with Crippen LogP contribution in [-0.2, 0) is 136 Å². The van der Waals surface area contributed by atoms with Crippen molar-refractivity contribution in [3.05, 3.63) is 0 Å². The Kier molecular flexibility index (Phi) is 20.9. The van der Waals surface area contributed by atoms with Gasteiger partial charge in [0.15, 0.2) is 43.5 Å². The van der Waals surface area contributed by atoms with Gasteiger partial charge in [0.25, 0.3) is 0 Å². The van der Waals surface area contributed by atoms with Crippen LogP contribution in [-0.4, -0.2) is 274 Å². The molecule has 0 radical (unpaired) electrons. The van der Waals surface area contributed by atoms with Crippen LogP contribution >= 0.6 is 0 Å². The van der Waals surface area contributed by atoms with Gasteiger partial charge in [-0.2, -0.15) is 68.4 Å². The Hall–Kier alpha value is -2.45. The van der Waals surface area contributed by atoms with Gasteiger partial charge in [0.2, 0.25) is 0 Å². The van der Waals surface area contributed by atoms with Crippen molar-refractivity contribution in [2.45, 2.75) is 123 Å². The predicted octanol–water partition coefficient (Wildman–Crippen LogP) is -11.6. The Balaban J connectivity index is 1.92. The van der Waals surface area contributed by atoms with E-state index >= 15 is 0 Å². The number of aliphatic carboxylic acids is 2. The lowest BCUT2D eigenvalue weighted by Crippen LogP contribution is -2.71. The van der Waals surface area contributed by atoms with Crippen LogP contribution in [0.2, 0.25) is 0 Å². The summed E-state index contributed by atoms with van der Waals surface area (Å²) in [4.78, 5) is 24.6. The van der Waals surface area contributed by atoms with E-state index in [0.29, 0.717) is 0 Å². The van der Waals surface area contributed by atoms with Gasteiger partial charge in [-0.15, -0.1) is 0 Å². The van der Waals surface area contributed by atoms with Crippen LogP contribution < -0.4 is 9.44 Å². The molecule has 20 atom stereocenters. The summed E-state index contributed by atoms with van der Waals surface area (Å²) in [5.41, 5.74) is 0. The van der Waals surface area contributed by atoms with Crippen LogP contribution in [0.4, 0.5) is 0 Å². The zero-order chi connectivity index (χ0) is 57.5. The molecule has 4 saturated heterocycles. The monoisotopic (exact) mass is 1250 g/mol. The molecule has 75 heavy (non-hydrogen) atoms. The normalized spacial score (nSPS) is 37.9. The van der Waals surface area contributed by atoms with E-state index in [1.807, 2.05) is 0 Å². The molecule has 44 nitrogen and oxygen atoms in total. The topological polar surface area (TPSA) is 691 Å². The number of carbonyl (C=O) groups is 2. The third-order valence-corrected chi connectivity index (χ3v) is 13.2. The first-order chi connectivity index (χ1) is 33.7. The number of rotatable bonds is 24. The minimum absolute atomic E-state index is 1.09. The molecule has 440 valence electrons. The van der Waals surface area contributed by atoms with Crippen LogP contribution in [0.25, 0.3) is 0 Å². The van der Waals surface area contributed by atoms with Gasteiger partial charge in [-0.1, -0.05) is 0 Å². The van der Waals surface area contributed by atoms with Crippen molar-refractivity contribution in [1.29, 1.82) is 0 Å². The van der Waals surface area contributed by atoms with Crippen LogP contribution in [0.5, 0.6) is 0 Å². The van der Waals surface area contributed by atoms with Crippen molar-refractivity contribution in [2.75, 3.05) is 13.2 Å². The third-order valence-electron chi connectivity index (χ3n) is 9.79. The third kappa shape index (κ3) is 19.1. The smallest absolute Gasteiger partial charge is 0.397 e. The summed E-state index contributed by atoms with van der Waals surface area (Å²) < 4.78 is 294. The second-order valence-corrected chi connectivity index (χ2v) is 22.7. The summed E-state index contributed by atoms with van der Waals surface area (Å²) in [6.07, 6.45) is -53.2. The van der Waals surface area contributed by atoms with E-state index in [1.54, 1.807) is 0 Å². The van der Waals surface area contributed by atoms with E-state index < -0.39 is 220 Å². The molecule has 4 rings (SSSR count). The molecule has 16 N–H and O–H groups in total. The molecule has 0 aromatic rings. The van der Waals surface area contributed by atoms with Gasteiger partial charge in [0.1, 0.15) is 79.2 Å². The molecular weight excluding hydrogens is 1210 g/mol. The number of carboxylic acid groups (broad SMARTS) is 2. The maximum atomic E-state index is 12.9. The van der Waals surface area contributed by atoms with Gasteiger partial charge >= 0.3 is 84.5 Å². The van der Waals surface area contributed by atoms with E-state index in [-0.39, 0.29) is 0 Å². The SMILES string of the molecule is O=C(O)[C@H]1O[C@@H](O[C@H]2[C@H](OS(=O)(=O)O)[C@@H](NS(=O)(=O)O)[C@@H](O[C@H]3[C@H](O)[C@@H](OS(=O)(=O)O)[C@H](O[C@H]4[C@H](OS(=O)(=O)O)[C@@H](NS(=O)(=O)O)[C@@H](O)O[C@@H]4COS(=O)(=O)O)O[C@H]3C(=O)O)O[C@@H]2COS(=O)(=O)O)[C@H](O)[C@@H](O)[C@@H]1O. The molecule has 0 unspecified atom stereocenters. The Morgan fingerprint density at radius 1 is 0.400 bits per heavy atom. The predicted molar refractivity (Wildman–Crippen MR) is 212 cm³/mol. The fourth-order valence-corrected chi connectivity index (χ4v) is 10.4. The minimum Gasteiger partial charge on any atom is -0.479 e. The molecule has 0 spiro atoms. The molecular formula is C24H40N2O42S7. The number of hydrogen-bond acceptors (Lipinski definition) is 33. The summed E-state index contributed by atoms with van der Waals surface area (Å²) in [5, 5.41) is 72.9. The molecule has 0 aromatic heterocycles. The van der Waals surface area contributed by atoms with E-state index in [9.17, 15) is 132 Å². The van der Waals surface area contributed by atoms with Gasteiger partial charge in [-0.3, -0.25) is 31.9 Å². The number of aliphatic hydroxyl groups excluding tert-OH is 5. The van der Waals surface area contributed by atoms with E-state index in [4.69, 9.17) is 37.7 Å². The molecule has 51 heteroatoms. The Labute approximate surface area is 418 Å². The van der Waals surface area contributed by atoms with Crippen LogP contribution in [0.3, 0.4) is 0 Å². The van der Waals surface area contributed by atoms with E-state index in [2.05, 4.69) is 20.9 Å². The molecule has 0 amide bonds. The highest BCUT2D eigenvalue weighted by atomic mass is 32.3.